The van der Waals surface area contributed by atoms with Crippen molar-refractivity contribution in [3.63, 3.8) is 0 Å². The van der Waals surface area contributed by atoms with Crippen LogP contribution in [0.1, 0.15) is 25.7 Å². The Bertz CT molecular complexity index is 543. The minimum Gasteiger partial charge on any atom is -0.494 e. The third kappa shape index (κ3) is 6.54. The van der Waals surface area contributed by atoms with Gasteiger partial charge in [-0.3, -0.25) is 14.5 Å². The van der Waals surface area contributed by atoms with Crippen molar-refractivity contribution < 1.29 is 18.7 Å². The number of carbonyl (C=O) groups is 2. The first-order chi connectivity index (χ1) is 11.5. The predicted octanol–water partition coefficient (Wildman–Crippen LogP) is 1.05. The summed E-state index contributed by atoms with van der Waals surface area (Å²) in [5, 5.41) is 3.01. The number of nitrogens with one attached hydrogen (secondary N) is 1. The molecule has 1 aromatic rings. The van der Waals surface area contributed by atoms with Crippen molar-refractivity contribution in [2.75, 3.05) is 26.2 Å². The van der Waals surface area contributed by atoms with Gasteiger partial charge in [-0.25, -0.2) is 4.39 Å². The Kier molecular flexibility index (Phi) is 6.99. The highest BCUT2D eigenvalue weighted by Crippen LogP contribution is 2.12. The van der Waals surface area contributed by atoms with Gasteiger partial charge >= 0.3 is 0 Å². The van der Waals surface area contributed by atoms with Crippen LogP contribution in [0.25, 0.3) is 0 Å². The number of rotatable bonds is 8. The Balaban J connectivity index is 1.57. The first-order valence-electron chi connectivity index (χ1n) is 8.21. The molecule has 1 fully saturated rings. The molecular formula is C17H24FN3O3. The van der Waals surface area contributed by atoms with Gasteiger partial charge in [0, 0.05) is 25.6 Å². The number of nitrogens with zero attached hydrogens (tertiary/aromatic N) is 1. The van der Waals surface area contributed by atoms with Gasteiger partial charge in [0.05, 0.1) is 13.2 Å². The summed E-state index contributed by atoms with van der Waals surface area (Å²) in [6, 6.07) is 5.96. The lowest BCUT2D eigenvalue weighted by Crippen LogP contribution is -2.46. The van der Waals surface area contributed by atoms with Gasteiger partial charge in [-0.1, -0.05) is 0 Å². The standard InChI is InChI=1S/C17H24FN3O3/c18-13-3-5-15(6-4-13)24-11-1-2-17(23)20-14-7-9-21(10-8-14)12-16(19)22/h3-6,14H,1-2,7-12H2,(H2,19,22)(H,20,23). The fraction of sp³-hybridized carbons (Fsp3) is 0.529. The fourth-order valence-corrected chi connectivity index (χ4v) is 2.71. The van der Waals surface area contributed by atoms with Gasteiger partial charge in [0.2, 0.25) is 11.8 Å². The summed E-state index contributed by atoms with van der Waals surface area (Å²) in [6.07, 6.45) is 2.64. The quantitative estimate of drug-likeness (QED) is 0.695. The molecule has 0 spiro atoms. The molecule has 3 N–H and O–H groups in total. The number of hydrogen-bond donors (Lipinski definition) is 2. The van der Waals surface area contributed by atoms with Gasteiger partial charge < -0.3 is 15.8 Å². The molecule has 1 saturated heterocycles. The van der Waals surface area contributed by atoms with Crippen LogP contribution in [0, 0.1) is 5.82 Å². The average molecular weight is 337 g/mol. The van der Waals surface area contributed by atoms with Crippen molar-refractivity contribution in [3.8, 4) is 5.75 Å². The molecule has 0 aromatic heterocycles. The maximum atomic E-state index is 12.8. The summed E-state index contributed by atoms with van der Waals surface area (Å²) < 4.78 is 18.2. The number of likely N-dealkylation sites (tertiary alicyclic amines) is 1. The Labute approximate surface area is 141 Å². The fourth-order valence-electron chi connectivity index (χ4n) is 2.71. The molecule has 0 saturated carbocycles. The zero-order chi connectivity index (χ0) is 17.4. The van der Waals surface area contributed by atoms with E-state index < -0.39 is 0 Å². The Morgan fingerprint density at radius 1 is 1.25 bits per heavy atom. The number of carbonyl (C=O) groups excluding carboxylic acids is 2. The summed E-state index contributed by atoms with van der Waals surface area (Å²) in [5.74, 6) is -0.0214. The number of hydrogen-bond acceptors (Lipinski definition) is 4. The number of nitrogens with two attached hydrogens (primary N) is 1. The lowest BCUT2D eigenvalue weighted by atomic mass is 10.0. The third-order valence-corrected chi connectivity index (χ3v) is 3.96. The number of ether oxygens (including phenoxy) is 1. The summed E-state index contributed by atoms with van der Waals surface area (Å²) >= 11 is 0. The van der Waals surface area contributed by atoms with Crippen molar-refractivity contribution in [1.29, 1.82) is 0 Å². The number of piperidine rings is 1. The highest BCUT2D eigenvalue weighted by atomic mass is 19.1. The second-order valence-corrected chi connectivity index (χ2v) is 5.99. The van der Waals surface area contributed by atoms with Crippen LogP contribution in [-0.4, -0.2) is 49.0 Å². The molecule has 132 valence electrons. The largest absolute Gasteiger partial charge is 0.494 e. The Hall–Kier alpha value is -2.15. The lowest BCUT2D eigenvalue weighted by molar-refractivity contribution is -0.123. The minimum absolute atomic E-state index is 0.00561. The number of halogens is 1. The van der Waals surface area contributed by atoms with E-state index in [0.717, 1.165) is 25.9 Å². The predicted molar refractivity (Wildman–Crippen MR) is 87.9 cm³/mol. The molecule has 2 rings (SSSR count). The molecule has 0 bridgehead atoms. The summed E-state index contributed by atoms with van der Waals surface area (Å²) in [5.41, 5.74) is 5.18. The van der Waals surface area contributed by atoms with E-state index in [9.17, 15) is 14.0 Å². The molecule has 1 heterocycles. The van der Waals surface area contributed by atoms with Crippen LogP contribution >= 0.6 is 0 Å². The molecule has 1 aliphatic heterocycles. The van der Waals surface area contributed by atoms with Crippen LogP contribution in [0.5, 0.6) is 5.75 Å². The molecule has 24 heavy (non-hydrogen) atoms. The highest BCUT2D eigenvalue weighted by Gasteiger charge is 2.21. The van der Waals surface area contributed by atoms with Crippen molar-refractivity contribution in [2.24, 2.45) is 5.73 Å². The van der Waals surface area contributed by atoms with Crippen molar-refractivity contribution >= 4 is 11.8 Å². The average Bonchev–Trinajstić information content (AvgIpc) is 2.55. The van der Waals surface area contributed by atoms with Crippen LogP contribution in [0.15, 0.2) is 24.3 Å². The minimum atomic E-state index is -0.321. The van der Waals surface area contributed by atoms with Gasteiger partial charge in [-0.05, 0) is 43.5 Å². The molecule has 2 amide bonds. The van der Waals surface area contributed by atoms with Crippen LogP contribution in [-0.2, 0) is 9.59 Å². The Morgan fingerprint density at radius 3 is 2.54 bits per heavy atom. The number of benzene rings is 1. The van der Waals surface area contributed by atoms with Gasteiger partial charge in [-0.2, -0.15) is 0 Å². The van der Waals surface area contributed by atoms with E-state index in [1.54, 1.807) is 12.1 Å². The van der Waals surface area contributed by atoms with Crippen LogP contribution in [0.3, 0.4) is 0 Å². The van der Waals surface area contributed by atoms with Gasteiger partial charge in [0.15, 0.2) is 0 Å². The zero-order valence-electron chi connectivity index (χ0n) is 13.7. The summed E-state index contributed by atoms with van der Waals surface area (Å²) in [4.78, 5) is 24.8. The normalized spacial score (nSPS) is 15.9. The topological polar surface area (TPSA) is 84.7 Å². The molecule has 1 aromatic carbocycles. The summed E-state index contributed by atoms with van der Waals surface area (Å²) in [6.45, 7) is 2.22. The van der Waals surface area contributed by atoms with Crippen molar-refractivity contribution in [1.82, 2.24) is 10.2 Å². The Morgan fingerprint density at radius 2 is 1.92 bits per heavy atom. The van der Waals surface area contributed by atoms with E-state index in [0.29, 0.717) is 25.2 Å². The lowest BCUT2D eigenvalue weighted by Gasteiger charge is -2.31. The van der Waals surface area contributed by atoms with E-state index in [4.69, 9.17) is 10.5 Å². The monoisotopic (exact) mass is 337 g/mol. The van der Waals surface area contributed by atoms with Gasteiger partial charge in [0.25, 0.3) is 0 Å². The second-order valence-electron chi connectivity index (χ2n) is 5.99. The van der Waals surface area contributed by atoms with Crippen molar-refractivity contribution in [3.05, 3.63) is 30.1 Å². The molecule has 0 radical (unpaired) electrons. The molecule has 6 nitrogen and oxygen atoms in total. The first kappa shape index (κ1) is 18.2. The van der Waals surface area contributed by atoms with Gasteiger partial charge in [0.1, 0.15) is 11.6 Å². The van der Waals surface area contributed by atoms with Gasteiger partial charge in [-0.15, -0.1) is 0 Å². The van der Waals surface area contributed by atoms with E-state index in [1.807, 2.05) is 4.90 Å². The zero-order valence-corrected chi connectivity index (χ0v) is 13.7. The number of primary amides is 1. The van der Waals surface area contributed by atoms with E-state index in [1.165, 1.54) is 12.1 Å². The SMILES string of the molecule is NC(=O)CN1CCC(NC(=O)CCCOc2ccc(F)cc2)CC1. The third-order valence-electron chi connectivity index (χ3n) is 3.96. The van der Waals surface area contributed by atoms with Crippen LogP contribution in [0.4, 0.5) is 4.39 Å². The van der Waals surface area contributed by atoms with E-state index in [2.05, 4.69) is 5.32 Å². The molecule has 1 aliphatic rings. The molecular weight excluding hydrogens is 313 g/mol. The van der Waals surface area contributed by atoms with Crippen LogP contribution < -0.4 is 15.8 Å². The molecule has 0 atom stereocenters. The van der Waals surface area contributed by atoms with Crippen LogP contribution in [0.2, 0.25) is 0 Å². The van der Waals surface area contributed by atoms with Crippen molar-refractivity contribution in [2.45, 2.75) is 31.7 Å². The second kappa shape index (κ2) is 9.22. The summed E-state index contributed by atoms with van der Waals surface area (Å²) in [7, 11) is 0. The first-order valence-corrected chi connectivity index (χ1v) is 8.21. The smallest absolute Gasteiger partial charge is 0.231 e. The molecule has 0 unspecified atom stereocenters. The maximum absolute atomic E-state index is 12.8. The molecule has 7 heteroatoms. The van der Waals surface area contributed by atoms with E-state index in [-0.39, 0.29) is 30.2 Å². The highest BCUT2D eigenvalue weighted by molar-refractivity contribution is 5.76. The molecule has 0 aliphatic carbocycles. The van der Waals surface area contributed by atoms with E-state index >= 15 is 0 Å². The maximum Gasteiger partial charge on any atom is 0.231 e. The number of amides is 2.